The third kappa shape index (κ3) is 2.49. The van der Waals surface area contributed by atoms with Gasteiger partial charge in [0.25, 0.3) is 0 Å². The lowest BCUT2D eigenvalue weighted by atomic mass is 10.2. The van der Waals surface area contributed by atoms with Gasteiger partial charge in [0.2, 0.25) is 0 Å². The summed E-state index contributed by atoms with van der Waals surface area (Å²) in [6.07, 6.45) is 3.37. The van der Waals surface area contributed by atoms with E-state index in [4.69, 9.17) is 0 Å². The quantitative estimate of drug-likeness (QED) is 0.704. The predicted molar refractivity (Wildman–Crippen MR) is 71.1 cm³/mol. The molecule has 2 aromatic heterocycles. The Hall–Kier alpha value is -1.54. The number of nitrogens with zero attached hydrogens (tertiary/aromatic N) is 3. The average Bonchev–Trinajstić information content (AvgIpc) is 2.72. The van der Waals surface area contributed by atoms with Gasteiger partial charge in [0, 0.05) is 17.4 Å². The van der Waals surface area contributed by atoms with Gasteiger partial charge in [-0.2, -0.15) is 16.9 Å². The van der Waals surface area contributed by atoms with Crippen molar-refractivity contribution in [2.24, 2.45) is 0 Å². The number of nitrogens with one attached hydrogen (secondary N) is 2. The van der Waals surface area contributed by atoms with Crippen LogP contribution in [0, 0.1) is 0 Å². The molecule has 2 heterocycles. The fourth-order valence-corrected chi connectivity index (χ4v) is 2.28. The smallest absolute Gasteiger partial charge is 0.348 e. The van der Waals surface area contributed by atoms with Crippen LogP contribution in [0.15, 0.2) is 17.2 Å². The van der Waals surface area contributed by atoms with E-state index >= 15 is 0 Å². The average molecular weight is 269 g/mol. The number of thioether (sulfide) groups is 1. The summed E-state index contributed by atoms with van der Waals surface area (Å²) in [5, 5.41) is 18.7. The summed E-state index contributed by atoms with van der Waals surface area (Å²) in [7, 11) is 0. The summed E-state index contributed by atoms with van der Waals surface area (Å²) >= 11 is 1.59. The minimum absolute atomic E-state index is 0.0608. The predicted octanol–water partition coefficient (Wildman–Crippen LogP) is -0.0581. The van der Waals surface area contributed by atoms with Crippen molar-refractivity contribution < 1.29 is 5.11 Å². The van der Waals surface area contributed by atoms with Gasteiger partial charge in [-0.05, 0) is 13.2 Å². The molecule has 8 heteroatoms. The zero-order valence-corrected chi connectivity index (χ0v) is 10.9. The molecule has 0 aliphatic heterocycles. The van der Waals surface area contributed by atoms with Crippen LogP contribution in [0.1, 0.15) is 6.92 Å². The van der Waals surface area contributed by atoms with Crippen molar-refractivity contribution in [2.45, 2.75) is 18.2 Å². The van der Waals surface area contributed by atoms with Crippen LogP contribution in [0.25, 0.3) is 5.65 Å². The SMILES string of the molecule is CSC(CO)C(C)Nc1cc2n[nH]c(=O)n2cn1. The van der Waals surface area contributed by atoms with Gasteiger partial charge in [-0.25, -0.2) is 19.3 Å². The van der Waals surface area contributed by atoms with E-state index in [-0.39, 0.29) is 23.6 Å². The molecule has 0 saturated heterocycles. The summed E-state index contributed by atoms with van der Waals surface area (Å²) in [6, 6.07) is 1.74. The van der Waals surface area contributed by atoms with Crippen molar-refractivity contribution >= 4 is 23.2 Å². The Bertz CT molecular complexity index is 577. The first-order valence-electron chi connectivity index (χ1n) is 5.48. The van der Waals surface area contributed by atoms with Gasteiger partial charge in [0.15, 0.2) is 5.65 Å². The topological polar surface area (TPSA) is 95.3 Å². The standard InChI is InChI=1S/C10H15N5O2S/c1-6(7(4-16)18-2)12-8-3-9-13-14-10(17)15(9)5-11-8/h3,5-7,12,16H,4H2,1-2H3,(H,14,17). The number of aromatic amines is 1. The summed E-state index contributed by atoms with van der Waals surface area (Å²) in [4.78, 5) is 15.4. The first-order chi connectivity index (χ1) is 8.65. The molecule has 0 aromatic carbocycles. The van der Waals surface area contributed by atoms with Crippen LogP contribution in [0.4, 0.5) is 5.82 Å². The van der Waals surface area contributed by atoms with Gasteiger partial charge in [0.1, 0.15) is 12.1 Å². The first kappa shape index (κ1) is 12.9. The minimum atomic E-state index is -0.311. The van der Waals surface area contributed by atoms with Crippen LogP contribution in [-0.4, -0.2) is 48.8 Å². The molecule has 3 N–H and O–H groups in total. The molecule has 0 spiro atoms. The molecule has 0 aliphatic carbocycles. The number of aromatic nitrogens is 4. The summed E-state index contributed by atoms with van der Waals surface area (Å²) < 4.78 is 1.33. The van der Waals surface area contributed by atoms with E-state index in [0.717, 1.165) is 0 Å². The normalized spacial score (nSPS) is 14.6. The van der Waals surface area contributed by atoms with Gasteiger partial charge >= 0.3 is 5.69 Å². The maximum atomic E-state index is 11.3. The lowest BCUT2D eigenvalue weighted by Gasteiger charge is -2.21. The molecule has 0 bridgehead atoms. The Balaban J connectivity index is 2.19. The number of aliphatic hydroxyl groups is 1. The Morgan fingerprint density at radius 3 is 3.11 bits per heavy atom. The highest BCUT2D eigenvalue weighted by atomic mass is 32.2. The second-order valence-corrected chi connectivity index (χ2v) is 5.00. The van der Waals surface area contributed by atoms with Crippen molar-refractivity contribution in [2.75, 3.05) is 18.2 Å². The largest absolute Gasteiger partial charge is 0.395 e. The molecule has 0 amide bonds. The maximum absolute atomic E-state index is 11.3. The van der Waals surface area contributed by atoms with E-state index in [1.165, 1.54) is 10.7 Å². The van der Waals surface area contributed by atoms with E-state index in [1.54, 1.807) is 17.8 Å². The van der Waals surface area contributed by atoms with Crippen LogP contribution < -0.4 is 11.0 Å². The van der Waals surface area contributed by atoms with Gasteiger partial charge in [-0.1, -0.05) is 0 Å². The van der Waals surface area contributed by atoms with E-state index in [1.807, 2.05) is 13.2 Å². The molecule has 98 valence electrons. The lowest BCUT2D eigenvalue weighted by Crippen LogP contribution is -2.31. The zero-order valence-electron chi connectivity index (χ0n) is 10.1. The second kappa shape index (κ2) is 5.40. The number of hydrogen-bond acceptors (Lipinski definition) is 6. The lowest BCUT2D eigenvalue weighted by molar-refractivity contribution is 0.288. The molecule has 18 heavy (non-hydrogen) atoms. The summed E-state index contributed by atoms with van der Waals surface area (Å²) in [5.74, 6) is 0.626. The number of hydrogen-bond donors (Lipinski definition) is 3. The number of H-pyrrole nitrogens is 1. The molecule has 0 radical (unpaired) electrons. The molecule has 2 aromatic rings. The van der Waals surface area contributed by atoms with Crippen LogP contribution in [-0.2, 0) is 0 Å². The molecular formula is C10H15N5O2S. The monoisotopic (exact) mass is 269 g/mol. The minimum Gasteiger partial charge on any atom is -0.395 e. The highest BCUT2D eigenvalue weighted by molar-refractivity contribution is 7.99. The molecule has 0 saturated carbocycles. The first-order valence-corrected chi connectivity index (χ1v) is 6.77. The van der Waals surface area contributed by atoms with Gasteiger partial charge < -0.3 is 10.4 Å². The van der Waals surface area contributed by atoms with Crippen molar-refractivity contribution in [3.05, 3.63) is 22.9 Å². The van der Waals surface area contributed by atoms with E-state index in [2.05, 4.69) is 20.5 Å². The zero-order chi connectivity index (χ0) is 13.1. The number of fused-ring (bicyclic) bond motifs is 1. The molecule has 2 rings (SSSR count). The molecule has 0 fully saturated rings. The fourth-order valence-electron chi connectivity index (χ4n) is 1.65. The Labute approximate surface area is 108 Å². The fraction of sp³-hybridized carbons (Fsp3) is 0.500. The summed E-state index contributed by atoms with van der Waals surface area (Å²) in [5.41, 5.74) is 0.198. The molecule has 0 aliphatic rings. The molecule has 7 nitrogen and oxygen atoms in total. The van der Waals surface area contributed by atoms with Crippen molar-refractivity contribution in [3.63, 3.8) is 0 Å². The Kier molecular flexibility index (Phi) is 3.87. The maximum Gasteiger partial charge on any atom is 0.348 e. The summed E-state index contributed by atoms with van der Waals surface area (Å²) in [6.45, 7) is 2.07. The van der Waals surface area contributed by atoms with Crippen molar-refractivity contribution in [1.29, 1.82) is 0 Å². The third-order valence-corrected chi connectivity index (χ3v) is 3.89. The molecule has 2 unspecified atom stereocenters. The van der Waals surface area contributed by atoms with Crippen molar-refractivity contribution in [1.82, 2.24) is 19.6 Å². The van der Waals surface area contributed by atoms with Crippen LogP contribution in [0.3, 0.4) is 0 Å². The Morgan fingerprint density at radius 1 is 1.67 bits per heavy atom. The number of aliphatic hydroxyl groups excluding tert-OH is 1. The second-order valence-electron chi connectivity index (χ2n) is 3.92. The Morgan fingerprint density at radius 2 is 2.44 bits per heavy atom. The number of anilines is 1. The van der Waals surface area contributed by atoms with E-state index < -0.39 is 0 Å². The molecular weight excluding hydrogens is 254 g/mol. The highest BCUT2D eigenvalue weighted by Crippen LogP contribution is 2.15. The van der Waals surface area contributed by atoms with Gasteiger partial charge in [-0.15, -0.1) is 0 Å². The number of rotatable bonds is 5. The van der Waals surface area contributed by atoms with Gasteiger partial charge in [-0.3, -0.25) is 0 Å². The van der Waals surface area contributed by atoms with Crippen LogP contribution in [0.2, 0.25) is 0 Å². The highest BCUT2D eigenvalue weighted by Gasteiger charge is 2.15. The van der Waals surface area contributed by atoms with Crippen LogP contribution >= 0.6 is 11.8 Å². The third-order valence-electron chi connectivity index (χ3n) is 2.73. The van der Waals surface area contributed by atoms with E-state index in [0.29, 0.717) is 11.5 Å². The van der Waals surface area contributed by atoms with Crippen LogP contribution in [0.5, 0.6) is 0 Å². The van der Waals surface area contributed by atoms with Crippen molar-refractivity contribution in [3.8, 4) is 0 Å². The molecule has 2 atom stereocenters. The van der Waals surface area contributed by atoms with Gasteiger partial charge in [0.05, 0.1) is 6.61 Å². The van der Waals surface area contributed by atoms with E-state index in [9.17, 15) is 9.90 Å².